The molecule has 0 atom stereocenters. The Morgan fingerprint density at radius 2 is 2.13 bits per heavy atom. The van der Waals surface area contributed by atoms with Crippen molar-refractivity contribution >= 4 is 40.9 Å². The third-order valence-electron chi connectivity index (χ3n) is 4.03. The molecule has 5 nitrogen and oxygen atoms in total. The molecule has 23 heavy (non-hydrogen) atoms. The Labute approximate surface area is 146 Å². The molecule has 2 aromatic rings. The van der Waals surface area contributed by atoms with E-state index >= 15 is 0 Å². The number of hydrogen-bond acceptors (Lipinski definition) is 4. The highest BCUT2D eigenvalue weighted by Crippen LogP contribution is 2.27. The molecule has 1 aromatic carbocycles. The summed E-state index contributed by atoms with van der Waals surface area (Å²) in [5.74, 6) is 0.206. The van der Waals surface area contributed by atoms with Crippen molar-refractivity contribution in [1.82, 2.24) is 15.5 Å². The van der Waals surface area contributed by atoms with Crippen molar-refractivity contribution in [2.24, 2.45) is 0 Å². The molecule has 1 aliphatic heterocycles. The van der Waals surface area contributed by atoms with Gasteiger partial charge in [-0.25, -0.2) is 0 Å². The first kappa shape index (κ1) is 18.1. The average molecular weight is 358 g/mol. The molecular formula is C16H21Cl2N3O2. The maximum absolute atomic E-state index is 12.3. The molecule has 2 N–H and O–H groups in total. The number of fused-ring (bicyclic) bond motifs is 1. The Kier molecular flexibility index (Phi) is 6.30. The SMILES string of the molecule is Cc1c(C(=O)NCCN2CCNCC2)oc2ccc(Cl)cc12.Cl. The number of aryl methyl sites for hydroxylation is 1. The Balaban J connectivity index is 0.00000192. The van der Waals surface area contributed by atoms with Crippen LogP contribution in [0.25, 0.3) is 11.0 Å². The smallest absolute Gasteiger partial charge is 0.287 e. The second-order valence-corrected chi connectivity index (χ2v) is 5.98. The molecule has 1 amide bonds. The first-order chi connectivity index (χ1) is 10.6. The predicted octanol–water partition coefficient (Wildman–Crippen LogP) is 2.45. The fourth-order valence-corrected chi connectivity index (χ4v) is 2.92. The van der Waals surface area contributed by atoms with Crippen molar-refractivity contribution < 1.29 is 9.21 Å². The van der Waals surface area contributed by atoms with Gasteiger partial charge in [0, 0.05) is 55.2 Å². The van der Waals surface area contributed by atoms with Gasteiger partial charge in [0.25, 0.3) is 5.91 Å². The molecule has 1 aliphatic rings. The number of benzene rings is 1. The van der Waals surface area contributed by atoms with Crippen LogP contribution in [0, 0.1) is 6.92 Å². The summed E-state index contributed by atoms with van der Waals surface area (Å²) < 4.78 is 5.66. The topological polar surface area (TPSA) is 57.5 Å². The lowest BCUT2D eigenvalue weighted by Gasteiger charge is -2.26. The van der Waals surface area contributed by atoms with Crippen molar-refractivity contribution in [1.29, 1.82) is 0 Å². The maximum Gasteiger partial charge on any atom is 0.287 e. The van der Waals surface area contributed by atoms with Crippen LogP contribution in [0.15, 0.2) is 22.6 Å². The van der Waals surface area contributed by atoms with E-state index in [1.165, 1.54) is 0 Å². The molecule has 1 aromatic heterocycles. The fraction of sp³-hybridized carbons (Fsp3) is 0.438. The molecule has 1 saturated heterocycles. The van der Waals surface area contributed by atoms with Crippen LogP contribution in [0.4, 0.5) is 0 Å². The van der Waals surface area contributed by atoms with E-state index in [4.69, 9.17) is 16.0 Å². The van der Waals surface area contributed by atoms with E-state index in [1.807, 2.05) is 13.0 Å². The van der Waals surface area contributed by atoms with E-state index in [9.17, 15) is 4.79 Å². The minimum Gasteiger partial charge on any atom is -0.451 e. The zero-order chi connectivity index (χ0) is 15.5. The number of nitrogens with zero attached hydrogens (tertiary/aromatic N) is 1. The molecule has 0 aliphatic carbocycles. The summed E-state index contributed by atoms with van der Waals surface area (Å²) in [4.78, 5) is 14.6. The summed E-state index contributed by atoms with van der Waals surface area (Å²) in [5.41, 5.74) is 1.52. The minimum absolute atomic E-state index is 0. The number of amides is 1. The first-order valence-corrected chi connectivity index (χ1v) is 7.93. The van der Waals surface area contributed by atoms with Gasteiger partial charge in [-0.05, 0) is 25.1 Å². The summed E-state index contributed by atoms with van der Waals surface area (Å²) >= 11 is 6.00. The van der Waals surface area contributed by atoms with Gasteiger partial charge in [0.05, 0.1) is 0 Å². The number of carbonyl (C=O) groups is 1. The molecule has 0 radical (unpaired) electrons. The van der Waals surface area contributed by atoms with Gasteiger partial charge < -0.3 is 15.1 Å². The van der Waals surface area contributed by atoms with E-state index < -0.39 is 0 Å². The van der Waals surface area contributed by atoms with Gasteiger partial charge in [-0.3, -0.25) is 9.69 Å². The van der Waals surface area contributed by atoms with Crippen molar-refractivity contribution in [2.75, 3.05) is 39.3 Å². The Morgan fingerprint density at radius 3 is 2.87 bits per heavy atom. The molecule has 126 valence electrons. The van der Waals surface area contributed by atoms with Crippen LogP contribution in [0.1, 0.15) is 16.1 Å². The lowest BCUT2D eigenvalue weighted by Crippen LogP contribution is -2.46. The number of halogens is 2. The van der Waals surface area contributed by atoms with Crippen LogP contribution >= 0.6 is 24.0 Å². The molecule has 0 saturated carbocycles. The van der Waals surface area contributed by atoms with E-state index in [0.717, 1.165) is 43.7 Å². The van der Waals surface area contributed by atoms with Gasteiger partial charge >= 0.3 is 0 Å². The zero-order valence-corrected chi connectivity index (χ0v) is 14.6. The standard InChI is InChI=1S/C16H20ClN3O2.ClH/c1-11-13-10-12(17)2-3-14(13)22-15(11)16(21)19-6-9-20-7-4-18-5-8-20;/h2-3,10,18H,4-9H2,1H3,(H,19,21);1H. The summed E-state index contributed by atoms with van der Waals surface area (Å²) in [7, 11) is 0. The molecule has 0 unspecified atom stereocenters. The second kappa shape index (κ2) is 8.02. The van der Waals surface area contributed by atoms with Crippen molar-refractivity contribution in [2.45, 2.75) is 6.92 Å². The van der Waals surface area contributed by atoms with Gasteiger partial charge in [0.2, 0.25) is 0 Å². The van der Waals surface area contributed by atoms with Crippen molar-refractivity contribution in [3.8, 4) is 0 Å². The molecule has 1 fully saturated rings. The van der Waals surface area contributed by atoms with Crippen LogP contribution in [-0.4, -0.2) is 50.1 Å². The summed E-state index contributed by atoms with van der Waals surface area (Å²) in [6, 6.07) is 5.38. The van der Waals surface area contributed by atoms with Crippen molar-refractivity contribution in [3.63, 3.8) is 0 Å². The van der Waals surface area contributed by atoms with Gasteiger partial charge in [-0.1, -0.05) is 11.6 Å². The average Bonchev–Trinajstić information content (AvgIpc) is 2.85. The third kappa shape index (κ3) is 4.18. The molecule has 2 heterocycles. The molecule has 0 spiro atoms. The lowest BCUT2D eigenvalue weighted by molar-refractivity contribution is 0.0921. The Hall–Kier alpha value is -1.27. The van der Waals surface area contributed by atoms with E-state index in [2.05, 4.69) is 15.5 Å². The highest BCUT2D eigenvalue weighted by Gasteiger charge is 2.18. The highest BCUT2D eigenvalue weighted by atomic mass is 35.5. The van der Waals surface area contributed by atoms with Gasteiger partial charge in [-0.2, -0.15) is 0 Å². The number of carbonyl (C=O) groups excluding carboxylic acids is 1. The fourth-order valence-electron chi connectivity index (χ4n) is 2.75. The van der Waals surface area contributed by atoms with Crippen LogP contribution in [0.2, 0.25) is 5.02 Å². The zero-order valence-electron chi connectivity index (χ0n) is 13.0. The molecular weight excluding hydrogens is 337 g/mol. The highest BCUT2D eigenvalue weighted by molar-refractivity contribution is 6.31. The van der Waals surface area contributed by atoms with Gasteiger partial charge in [0.15, 0.2) is 5.76 Å². The molecule has 0 bridgehead atoms. The van der Waals surface area contributed by atoms with Crippen LogP contribution in [0.5, 0.6) is 0 Å². The number of hydrogen-bond donors (Lipinski definition) is 2. The number of piperazine rings is 1. The predicted molar refractivity (Wildman–Crippen MR) is 94.9 cm³/mol. The lowest BCUT2D eigenvalue weighted by atomic mass is 10.1. The molecule has 7 heteroatoms. The number of rotatable bonds is 4. The monoisotopic (exact) mass is 357 g/mol. The van der Waals surface area contributed by atoms with E-state index in [0.29, 0.717) is 22.9 Å². The Morgan fingerprint density at radius 1 is 1.39 bits per heavy atom. The van der Waals surface area contributed by atoms with Gasteiger partial charge in [-0.15, -0.1) is 12.4 Å². The summed E-state index contributed by atoms with van der Waals surface area (Å²) in [6.07, 6.45) is 0. The Bertz CT molecular complexity index is 681. The van der Waals surface area contributed by atoms with Crippen LogP contribution < -0.4 is 10.6 Å². The van der Waals surface area contributed by atoms with Gasteiger partial charge in [0.1, 0.15) is 5.58 Å². The van der Waals surface area contributed by atoms with Crippen molar-refractivity contribution in [3.05, 3.63) is 34.5 Å². The summed E-state index contributed by atoms with van der Waals surface area (Å²) in [5, 5.41) is 7.78. The van der Waals surface area contributed by atoms with E-state index in [-0.39, 0.29) is 18.3 Å². The van der Waals surface area contributed by atoms with Crippen LogP contribution in [0.3, 0.4) is 0 Å². The normalized spacial score (nSPS) is 15.4. The quantitative estimate of drug-likeness (QED) is 0.882. The minimum atomic E-state index is -0.167. The number of nitrogens with one attached hydrogen (secondary N) is 2. The summed E-state index contributed by atoms with van der Waals surface area (Å²) in [6.45, 7) is 7.44. The molecule has 3 rings (SSSR count). The van der Waals surface area contributed by atoms with Crippen LogP contribution in [-0.2, 0) is 0 Å². The number of furan rings is 1. The van der Waals surface area contributed by atoms with E-state index in [1.54, 1.807) is 12.1 Å². The first-order valence-electron chi connectivity index (χ1n) is 7.55. The maximum atomic E-state index is 12.3. The second-order valence-electron chi connectivity index (χ2n) is 5.54. The third-order valence-corrected chi connectivity index (χ3v) is 4.26. The largest absolute Gasteiger partial charge is 0.451 e.